The van der Waals surface area contributed by atoms with Gasteiger partial charge in [-0.2, -0.15) is 0 Å². The van der Waals surface area contributed by atoms with E-state index in [2.05, 4.69) is 5.32 Å². The lowest BCUT2D eigenvalue weighted by Gasteiger charge is -2.12. The molecule has 0 saturated carbocycles. The van der Waals surface area contributed by atoms with E-state index in [9.17, 15) is 28.9 Å². The third kappa shape index (κ3) is 6.34. The maximum atomic E-state index is 13.1. The van der Waals surface area contributed by atoms with Crippen LogP contribution in [0.15, 0.2) is 71.6 Å². The largest absolute Gasteiger partial charge is 0.493 e. The monoisotopic (exact) mass is 537 g/mol. The summed E-state index contributed by atoms with van der Waals surface area (Å²) >= 11 is 0.792. The maximum Gasteiger partial charge on any atom is 0.293 e. The van der Waals surface area contributed by atoms with Crippen LogP contribution in [0.25, 0.3) is 6.08 Å². The first-order valence-electron chi connectivity index (χ1n) is 11.1. The Hall–Kier alpha value is -4.71. The number of nitrogens with one attached hydrogen (secondary N) is 1. The Bertz CT molecular complexity index is 1440. The Morgan fingerprint density at radius 3 is 2.58 bits per heavy atom. The highest BCUT2D eigenvalue weighted by atomic mass is 32.2. The summed E-state index contributed by atoms with van der Waals surface area (Å²) in [5.74, 6) is -0.879. The number of ether oxygens (including phenoxy) is 2. The quantitative estimate of drug-likeness (QED) is 0.230. The Balaban J connectivity index is 1.40. The number of rotatable bonds is 9. The predicted octanol–water partition coefficient (Wildman–Crippen LogP) is 5.00. The number of halogens is 1. The number of nitro benzene ring substituents is 1. The minimum Gasteiger partial charge on any atom is -0.493 e. The fourth-order valence-corrected chi connectivity index (χ4v) is 4.33. The van der Waals surface area contributed by atoms with E-state index in [0.717, 1.165) is 16.7 Å². The second-order valence-electron chi connectivity index (χ2n) is 7.95. The summed E-state index contributed by atoms with van der Waals surface area (Å²) in [6.45, 7) is -0.364. The highest BCUT2D eigenvalue weighted by Crippen LogP contribution is 2.35. The third-order valence-corrected chi connectivity index (χ3v) is 6.22. The number of non-ortho nitro benzene ring substituents is 1. The van der Waals surface area contributed by atoms with Crippen LogP contribution in [0, 0.1) is 15.9 Å². The molecule has 0 atom stereocenters. The number of hydrogen-bond donors (Lipinski definition) is 1. The van der Waals surface area contributed by atoms with Crippen LogP contribution in [0.4, 0.5) is 20.6 Å². The molecule has 1 aliphatic heterocycles. The zero-order valence-electron chi connectivity index (χ0n) is 19.9. The summed E-state index contributed by atoms with van der Waals surface area (Å²) in [6, 6.07) is 15.8. The van der Waals surface area contributed by atoms with Crippen molar-refractivity contribution >= 4 is 46.3 Å². The predicted molar refractivity (Wildman–Crippen MR) is 138 cm³/mol. The Kier molecular flexibility index (Phi) is 8.02. The van der Waals surface area contributed by atoms with E-state index in [0.29, 0.717) is 11.1 Å². The van der Waals surface area contributed by atoms with Crippen molar-refractivity contribution in [3.05, 3.63) is 98.7 Å². The average Bonchev–Trinajstić information content (AvgIpc) is 3.16. The summed E-state index contributed by atoms with van der Waals surface area (Å²) in [4.78, 5) is 49.1. The molecule has 0 radical (unpaired) electrons. The molecule has 3 aromatic carbocycles. The van der Waals surface area contributed by atoms with Gasteiger partial charge in [-0.3, -0.25) is 29.4 Å². The van der Waals surface area contributed by atoms with E-state index in [1.807, 2.05) is 0 Å². The Labute approximate surface area is 220 Å². The SMILES string of the molecule is COc1cc(/C=C2\SC(=O)N(Cc3ccc(F)cc3)C2=O)ccc1OCC(=O)Nc1cccc([N+](=O)[O-])c1. The molecule has 0 bridgehead atoms. The van der Waals surface area contributed by atoms with Crippen molar-refractivity contribution in [2.45, 2.75) is 6.54 Å². The van der Waals surface area contributed by atoms with E-state index in [-0.39, 0.29) is 40.9 Å². The lowest BCUT2D eigenvalue weighted by molar-refractivity contribution is -0.384. The molecule has 0 aromatic heterocycles. The van der Waals surface area contributed by atoms with E-state index in [1.165, 1.54) is 61.7 Å². The lowest BCUT2D eigenvalue weighted by atomic mass is 10.1. The van der Waals surface area contributed by atoms with Gasteiger partial charge in [0.1, 0.15) is 5.82 Å². The maximum absolute atomic E-state index is 13.1. The topological polar surface area (TPSA) is 128 Å². The van der Waals surface area contributed by atoms with Crippen molar-refractivity contribution in [2.75, 3.05) is 19.0 Å². The van der Waals surface area contributed by atoms with Gasteiger partial charge < -0.3 is 14.8 Å². The normalized spacial score (nSPS) is 14.1. The van der Waals surface area contributed by atoms with Gasteiger partial charge in [-0.1, -0.05) is 24.3 Å². The minimum atomic E-state index is -0.565. The molecule has 0 spiro atoms. The highest BCUT2D eigenvalue weighted by molar-refractivity contribution is 8.18. The number of thioether (sulfide) groups is 1. The van der Waals surface area contributed by atoms with Gasteiger partial charge in [-0.25, -0.2) is 4.39 Å². The van der Waals surface area contributed by atoms with Crippen LogP contribution in [0.2, 0.25) is 0 Å². The van der Waals surface area contributed by atoms with Crippen molar-refractivity contribution < 1.29 is 33.2 Å². The van der Waals surface area contributed by atoms with Crippen LogP contribution in [0.3, 0.4) is 0 Å². The molecule has 38 heavy (non-hydrogen) atoms. The first-order valence-corrected chi connectivity index (χ1v) is 11.9. The zero-order chi connectivity index (χ0) is 27.2. The van der Waals surface area contributed by atoms with Gasteiger partial charge in [0.2, 0.25) is 0 Å². The number of amides is 3. The van der Waals surface area contributed by atoms with Crippen molar-refractivity contribution in [1.82, 2.24) is 4.90 Å². The third-order valence-electron chi connectivity index (χ3n) is 5.31. The van der Waals surface area contributed by atoms with E-state index in [4.69, 9.17) is 9.47 Å². The van der Waals surface area contributed by atoms with Gasteiger partial charge in [-0.15, -0.1) is 0 Å². The number of methoxy groups -OCH3 is 1. The molecule has 1 fully saturated rings. The number of anilines is 1. The summed E-state index contributed by atoms with van der Waals surface area (Å²) in [6.07, 6.45) is 1.54. The second kappa shape index (κ2) is 11.6. The standard InChI is InChI=1S/C26H20FN3O7S/c1-36-22-11-17(12-23-25(32)29(26(33)38-23)14-16-5-8-18(27)9-6-16)7-10-21(22)37-15-24(31)28-19-3-2-4-20(13-19)30(34)35/h2-13H,14-15H2,1H3,(H,28,31)/b23-12-. The number of nitrogens with zero attached hydrogens (tertiary/aromatic N) is 2. The molecule has 1 heterocycles. The fourth-order valence-electron chi connectivity index (χ4n) is 3.49. The molecule has 12 heteroatoms. The van der Waals surface area contributed by atoms with E-state index < -0.39 is 27.8 Å². The van der Waals surface area contributed by atoms with Gasteiger partial charge in [0, 0.05) is 17.8 Å². The van der Waals surface area contributed by atoms with Gasteiger partial charge in [0.15, 0.2) is 18.1 Å². The average molecular weight is 538 g/mol. The number of nitro groups is 1. The van der Waals surface area contributed by atoms with Crippen molar-refractivity contribution in [3.8, 4) is 11.5 Å². The van der Waals surface area contributed by atoms with Crippen LogP contribution < -0.4 is 14.8 Å². The zero-order valence-corrected chi connectivity index (χ0v) is 20.7. The molecule has 1 aliphatic rings. The summed E-state index contributed by atoms with van der Waals surface area (Å²) < 4.78 is 24.0. The van der Waals surface area contributed by atoms with Gasteiger partial charge in [0.05, 0.1) is 23.5 Å². The summed E-state index contributed by atoms with van der Waals surface area (Å²) in [7, 11) is 1.41. The molecule has 3 amide bonds. The van der Waals surface area contributed by atoms with Crippen molar-refractivity contribution in [3.63, 3.8) is 0 Å². The second-order valence-corrected chi connectivity index (χ2v) is 8.94. The highest BCUT2D eigenvalue weighted by Gasteiger charge is 2.35. The summed E-state index contributed by atoms with van der Waals surface area (Å²) in [5.41, 5.74) is 1.27. The van der Waals surface area contributed by atoms with Crippen LogP contribution in [-0.2, 0) is 16.1 Å². The van der Waals surface area contributed by atoms with Gasteiger partial charge in [-0.05, 0) is 59.3 Å². The fraction of sp³-hybridized carbons (Fsp3) is 0.115. The molecule has 3 aromatic rings. The van der Waals surface area contributed by atoms with Gasteiger partial charge >= 0.3 is 0 Å². The molecular formula is C26H20FN3O7S. The van der Waals surface area contributed by atoms with Crippen molar-refractivity contribution in [2.24, 2.45) is 0 Å². The first kappa shape index (κ1) is 26.4. The van der Waals surface area contributed by atoms with E-state index in [1.54, 1.807) is 18.2 Å². The molecule has 0 aliphatic carbocycles. The number of carbonyl (C=O) groups excluding carboxylic acids is 3. The van der Waals surface area contributed by atoms with E-state index >= 15 is 0 Å². The molecular weight excluding hydrogens is 517 g/mol. The molecule has 1 saturated heterocycles. The van der Waals surface area contributed by atoms with Crippen LogP contribution in [0.1, 0.15) is 11.1 Å². The molecule has 0 unspecified atom stereocenters. The molecule has 194 valence electrons. The summed E-state index contributed by atoms with van der Waals surface area (Å²) in [5, 5.41) is 13.0. The molecule has 10 nitrogen and oxygen atoms in total. The van der Waals surface area contributed by atoms with Crippen molar-refractivity contribution in [1.29, 1.82) is 0 Å². The smallest absolute Gasteiger partial charge is 0.293 e. The number of benzene rings is 3. The number of carbonyl (C=O) groups is 3. The molecule has 4 rings (SSSR count). The van der Waals surface area contributed by atoms with Gasteiger partial charge in [0.25, 0.3) is 22.7 Å². The number of imide groups is 1. The Morgan fingerprint density at radius 1 is 1.11 bits per heavy atom. The molecule has 1 N–H and O–H groups in total. The first-order chi connectivity index (χ1) is 18.2. The Morgan fingerprint density at radius 2 is 1.87 bits per heavy atom. The minimum absolute atomic E-state index is 0.0246. The van der Waals surface area contributed by atoms with Crippen LogP contribution >= 0.6 is 11.8 Å². The lowest BCUT2D eigenvalue weighted by Crippen LogP contribution is -2.27. The van der Waals surface area contributed by atoms with Crippen LogP contribution in [0.5, 0.6) is 11.5 Å². The number of hydrogen-bond acceptors (Lipinski definition) is 8. The van der Waals surface area contributed by atoms with Crippen LogP contribution in [-0.4, -0.2) is 40.6 Å².